The monoisotopic (exact) mass is 358 g/mol. The minimum Gasteiger partial charge on any atom is -0.442 e. The van der Waals surface area contributed by atoms with Crippen molar-refractivity contribution in [3.63, 3.8) is 0 Å². The molecule has 2 aliphatic rings. The molecule has 0 radical (unpaired) electrons. The molecule has 1 aromatic carbocycles. The largest absolute Gasteiger partial charge is 0.442 e. The standard InChI is InChI=1S/C18H20FN5O2/c1-12-9-23(22-21-12)10-15-11-24(18(25)26-15)14-2-3-16(17(19)8-14)13-4-6-20-7-5-13/h2-4,8-9,15,20H,5-7,10-11H2,1H3/p+1/t15-/m0/s1. The number of carbonyl (C=O) groups excluding carboxylic acids is 1. The van der Waals surface area contributed by atoms with Crippen molar-refractivity contribution in [2.24, 2.45) is 0 Å². The van der Waals surface area contributed by atoms with Crippen LogP contribution in [0.5, 0.6) is 0 Å². The maximum Gasteiger partial charge on any atom is 0.414 e. The van der Waals surface area contributed by atoms with Gasteiger partial charge in [-0.1, -0.05) is 5.21 Å². The van der Waals surface area contributed by atoms with Crippen LogP contribution in [-0.2, 0) is 11.3 Å². The molecular weight excluding hydrogens is 337 g/mol. The third-order valence-corrected chi connectivity index (χ3v) is 4.68. The fourth-order valence-corrected chi connectivity index (χ4v) is 3.40. The van der Waals surface area contributed by atoms with Crippen molar-refractivity contribution in [3.8, 4) is 0 Å². The number of benzene rings is 1. The van der Waals surface area contributed by atoms with Crippen LogP contribution in [-0.4, -0.2) is 46.8 Å². The van der Waals surface area contributed by atoms with Gasteiger partial charge in [0.1, 0.15) is 11.9 Å². The fourth-order valence-electron chi connectivity index (χ4n) is 3.40. The number of amides is 1. The van der Waals surface area contributed by atoms with E-state index in [9.17, 15) is 9.18 Å². The number of hydrogen-bond acceptors (Lipinski definition) is 4. The van der Waals surface area contributed by atoms with Gasteiger partial charge in [-0.05, 0) is 36.8 Å². The van der Waals surface area contributed by atoms with E-state index in [0.29, 0.717) is 24.3 Å². The number of rotatable bonds is 4. The fraction of sp³-hybridized carbons (Fsp3) is 0.389. The second kappa shape index (κ2) is 6.87. The Balaban J connectivity index is 1.49. The van der Waals surface area contributed by atoms with Gasteiger partial charge in [-0.15, -0.1) is 5.10 Å². The summed E-state index contributed by atoms with van der Waals surface area (Å²) in [5.74, 6) is -0.307. The van der Waals surface area contributed by atoms with E-state index in [4.69, 9.17) is 4.74 Å². The average molecular weight is 358 g/mol. The van der Waals surface area contributed by atoms with Gasteiger partial charge < -0.3 is 10.1 Å². The van der Waals surface area contributed by atoms with Gasteiger partial charge in [0.2, 0.25) is 0 Å². The second-order valence-electron chi connectivity index (χ2n) is 6.65. The molecule has 0 spiro atoms. The Bertz CT molecular complexity index is 863. The summed E-state index contributed by atoms with van der Waals surface area (Å²) in [7, 11) is 0. The number of aromatic nitrogens is 3. The first-order valence-electron chi connectivity index (χ1n) is 8.75. The van der Waals surface area contributed by atoms with Crippen molar-refractivity contribution in [3.05, 3.63) is 47.5 Å². The molecule has 2 aliphatic heterocycles. The van der Waals surface area contributed by atoms with Gasteiger partial charge in [0.25, 0.3) is 0 Å². The number of nitrogens with two attached hydrogens (primary N) is 1. The smallest absolute Gasteiger partial charge is 0.414 e. The van der Waals surface area contributed by atoms with E-state index in [-0.39, 0.29) is 11.9 Å². The Morgan fingerprint density at radius 1 is 1.42 bits per heavy atom. The highest BCUT2D eigenvalue weighted by Gasteiger charge is 2.33. The van der Waals surface area contributed by atoms with Crippen molar-refractivity contribution < 1.29 is 19.2 Å². The molecule has 1 amide bonds. The molecule has 1 fully saturated rings. The summed E-state index contributed by atoms with van der Waals surface area (Å²) in [4.78, 5) is 13.7. The molecule has 4 rings (SSSR count). The van der Waals surface area contributed by atoms with E-state index >= 15 is 0 Å². The molecule has 2 N–H and O–H groups in total. The van der Waals surface area contributed by atoms with Crippen LogP contribution in [0.15, 0.2) is 30.5 Å². The van der Waals surface area contributed by atoms with Crippen LogP contribution in [0.2, 0.25) is 0 Å². The van der Waals surface area contributed by atoms with Crippen LogP contribution in [0.1, 0.15) is 17.7 Å². The molecule has 0 unspecified atom stereocenters. The molecule has 1 atom stereocenters. The molecule has 2 aromatic rings. The van der Waals surface area contributed by atoms with Crippen molar-refractivity contribution in [2.45, 2.75) is 26.0 Å². The van der Waals surface area contributed by atoms with Crippen molar-refractivity contribution in [2.75, 3.05) is 24.5 Å². The summed E-state index contributed by atoms with van der Waals surface area (Å²) in [6.45, 7) is 4.47. The summed E-state index contributed by atoms with van der Waals surface area (Å²) in [5.41, 5.74) is 2.96. The number of halogens is 1. The van der Waals surface area contributed by atoms with Crippen LogP contribution in [0.4, 0.5) is 14.9 Å². The van der Waals surface area contributed by atoms with Crippen LogP contribution in [0.25, 0.3) is 5.57 Å². The number of ether oxygens (including phenoxy) is 1. The van der Waals surface area contributed by atoms with Crippen LogP contribution in [0, 0.1) is 12.7 Å². The van der Waals surface area contributed by atoms with Gasteiger partial charge in [-0.2, -0.15) is 0 Å². The Hall–Kier alpha value is -2.74. The lowest BCUT2D eigenvalue weighted by Gasteiger charge is -2.16. The Kier molecular flexibility index (Phi) is 4.42. The Morgan fingerprint density at radius 3 is 3.00 bits per heavy atom. The van der Waals surface area contributed by atoms with Gasteiger partial charge in [0, 0.05) is 18.2 Å². The number of anilines is 1. The molecule has 0 bridgehead atoms. The first kappa shape index (κ1) is 16.7. The third kappa shape index (κ3) is 3.32. The van der Waals surface area contributed by atoms with Gasteiger partial charge in [0.15, 0.2) is 0 Å². The molecule has 26 heavy (non-hydrogen) atoms. The SMILES string of the molecule is Cc1cn(C[C@H]2CN(c3ccc(C4=CC[NH2+]CC4)c(F)c3)C(=O)O2)nn1. The van der Waals surface area contributed by atoms with E-state index in [1.54, 1.807) is 23.0 Å². The Morgan fingerprint density at radius 2 is 2.31 bits per heavy atom. The first-order valence-corrected chi connectivity index (χ1v) is 8.75. The van der Waals surface area contributed by atoms with Crippen LogP contribution in [0.3, 0.4) is 0 Å². The molecule has 8 heteroatoms. The number of quaternary nitrogens is 1. The van der Waals surface area contributed by atoms with Gasteiger partial charge >= 0.3 is 6.09 Å². The predicted octanol–water partition coefficient (Wildman–Crippen LogP) is 1.10. The van der Waals surface area contributed by atoms with E-state index in [2.05, 4.69) is 21.7 Å². The second-order valence-corrected chi connectivity index (χ2v) is 6.65. The summed E-state index contributed by atoms with van der Waals surface area (Å²) >= 11 is 0. The zero-order chi connectivity index (χ0) is 18.1. The van der Waals surface area contributed by atoms with E-state index in [0.717, 1.165) is 30.8 Å². The minimum atomic E-state index is -0.467. The van der Waals surface area contributed by atoms with Crippen LogP contribution < -0.4 is 10.2 Å². The lowest BCUT2D eigenvalue weighted by molar-refractivity contribution is -0.646. The number of hydrogen-bond donors (Lipinski definition) is 1. The highest BCUT2D eigenvalue weighted by Crippen LogP contribution is 2.28. The topological polar surface area (TPSA) is 76.9 Å². The number of aryl methyl sites for hydroxylation is 1. The van der Waals surface area contributed by atoms with E-state index in [1.165, 1.54) is 11.0 Å². The van der Waals surface area contributed by atoms with Gasteiger partial charge in [0.05, 0.1) is 37.6 Å². The predicted molar refractivity (Wildman–Crippen MR) is 93.0 cm³/mol. The Labute approximate surface area is 150 Å². The molecule has 136 valence electrons. The summed E-state index contributed by atoms with van der Waals surface area (Å²) in [5, 5.41) is 10.1. The van der Waals surface area contributed by atoms with Crippen LogP contribution >= 0.6 is 0 Å². The zero-order valence-corrected chi connectivity index (χ0v) is 14.6. The molecule has 7 nitrogen and oxygen atoms in total. The lowest BCUT2D eigenvalue weighted by atomic mass is 9.99. The van der Waals surface area contributed by atoms with Gasteiger partial charge in [-0.25, -0.2) is 13.9 Å². The molecule has 1 aromatic heterocycles. The number of nitrogens with zero attached hydrogens (tertiary/aromatic N) is 4. The molecular formula is C18H21FN5O2+. The first-order chi connectivity index (χ1) is 12.6. The summed E-state index contributed by atoms with van der Waals surface area (Å²) in [6, 6.07) is 4.95. The van der Waals surface area contributed by atoms with E-state index < -0.39 is 6.09 Å². The average Bonchev–Trinajstić information content (AvgIpc) is 3.21. The summed E-state index contributed by atoms with van der Waals surface area (Å²) in [6.07, 6.45) is 3.89. The van der Waals surface area contributed by atoms with Crippen molar-refractivity contribution >= 4 is 17.4 Å². The molecule has 1 saturated heterocycles. The number of carbonyl (C=O) groups is 1. The quantitative estimate of drug-likeness (QED) is 0.888. The maximum atomic E-state index is 14.6. The number of cyclic esters (lactones) is 1. The molecule has 0 saturated carbocycles. The van der Waals surface area contributed by atoms with Crippen molar-refractivity contribution in [1.29, 1.82) is 0 Å². The maximum absolute atomic E-state index is 14.6. The highest BCUT2D eigenvalue weighted by molar-refractivity contribution is 5.90. The van der Waals surface area contributed by atoms with Gasteiger partial charge in [-0.3, -0.25) is 4.90 Å². The third-order valence-electron chi connectivity index (χ3n) is 4.68. The zero-order valence-electron chi connectivity index (χ0n) is 14.6. The normalized spacial score (nSPS) is 20.2. The highest BCUT2D eigenvalue weighted by atomic mass is 19.1. The minimum absolute atomic E-state index is 0.307. The summed E-state index contributed by atoms with van der Waals surface area (Å²) < 4.78 is 21.6. The van der Waals surface area contributed by atoms with Crippen molar-refractivity contribution in [1.82, 2.24) is 15.0 Å². The van der Waals surface area contributed by atoms with E-state index in [1.807, 2.05) is 6.92 Å². The molecule has 3 heterocycles. The molecule has 0 aliphatic carbocycles. The lowest BCUT2D eigenvalue weighted by Crippen LogP contribution is -2.84.